The first-order valence-electron chi connectivity index (χ1n) is 13.8. The molecule has 4 heterocycles. The van der Waals surface area contributed by atoms with Gasteiger partial charge in [-0.15, -0.1) is 0 Å². The van der Waals surface area contributed by atoms with E-state index >= 15 is 0 Å². The van der Waals surface area contributed by atoms with Crippen molar-refractivity contribution in [2.75, 3.05) is 42.9 Å². The first-order valence-corrected chi connectivity index (χ1v) is 14.1. The van der Waals surface area contributed by atoms with Crippen LogP contribution in [0, 0.1) is 12.3 Å². The van der Waals surface area contributed by atoms with Gasteiger partial charge in [0, 0.05) is 48.5 Å². The second-order valence-corrected chi connectivity index (χ2v) is 11.5. The van der Waals surface area contributed by atoms with Gasteiger partial charge in [0.2, 0.25) is 0 Å². The van der Waals surface area contributed by atoms with E-state index in [4.69, 9.17) is 16.6 Å². The molecule has 0 amide bonds. The number of piperidine rings is 2. The molecule has 2 aliphatic rings. The van der Waals surface area contributed by atoms with E-state index in [1.807, 2.05) is 6.07 Å². The van der Waals surface area contributed by atoms with Crippen LogP contribution in [0.3, 0.4) is 0 Å². The van der Waals surface area contributed by atoms with Gasteiger partial charge in [-0.25, -0.2) is 4.98 Å². The Morgan fingerprint density at radius 2 is 2.08 bits per heavy atom. The van der Waals surface area contributed by atoms with Crippen LogP contribution in [-0.4, -0.2) is 52.8 Å². The van der Waals surface area contributed by atoms with Crippen LogP contribution >= 0.6 is 11.6 Å². The van der Waals surface area contributed by atoms with E-state index in [0.29, 0.717) is 33.1 Å². The number of fused-ring (bicyclic) bond motifs is 1. The lowest BCUT2D eigenvalue weighted by atomic mass is 9.74. The Morgan fingerprint density at radius 1 is 1.21 bits per heavy atom. The maximum atomic E-state index is 13.0. The van der Waals surface area contributed by atoms with Crippen LogP contribution in [0.15, 0.2) is 53.5 Å². The maximum absolute atomic E-state index is 13.0. The van der Waals surface area contributed by atoms with Crippen molar-refractivity contribution < 1.29 is 5.11 Å². The van der Waals surface area contributed by atoms with Crippen LogP contribution in [0.5, 0.6) is 0 Å². The minimum Gasteiger partial charge on any atom is -0.387 e. The third-order valence-corrected chi connectivity index (χ3v) is 8.50. The maximum Gasteiger partial charge on any atom is 0.261 e. The van der Waals surface area contributed by atoms with Crippen LogP contribution in [0.25, 0.3) is 22.4 Å². The number of pyridine rings is 1. The highest BCUT2D eigenvalue weighted by molar-refractivity contribution is 6.30. The lowest BCUT2D eigenvalue weighted by molar-refractivity contribution is 0.173. The SMILES string of the molecule is Cc1cc(N2CCCC3(CCCNC3)C2)cc2[nH]c(-c3c(NC[C@H](O)c4cccc(Cl)c4)cc[nH]c3=O)nc12. The van der Waals surface area contributed by atoms with Crippen molar-refractivity contribution in [1.29, 1.82) is 0 Å². The third-order valence-electron chi connectivity index (χ3n) is 8.27. The summed E-state index contributed by atoms with van der Waals surface area (Å²) in [5, 5.41) is 18.1. The van der Waals surface area contributed by atoms with E-state index in [0.717, 1.165) is 42.8 Å². The van der Waals surface area contributed by atoms with Gasteiger partial charge in [0.15, 0.2) is 0 Å². The van der Waals surface area contributed by atoms with Crippen LogP contribution in [0.1, 0.15) is 42.9 Å². The fourth-order valence-electron chi connectivity index (χ4n) is 6.28. The molecule has 0 radical (unpaired) electrons. The lowest BCUT2D eigenvalue weighted by Gasteiger charge is -2.46. The van der Waals surface area contributed by atoms with Crippen molar-refractivity contribution in [3.63, 3.8) is 0 Å². The molecule has 9 heteroatoms. The zero-order valence-corrected chi connectivity index (χ0v) is 22.9. The number of anilines is 2. The molecule has 5 N–H and O–H groups in total. The molecule has 39 heavy (non-hydrogen) atoms. The molecule has 0 bridgehead atoms. The largest absolute Gasteiger partial charge is 0.387 e. The normalized spacial score (nSPS) is 20.4. The number of benzene rings is 2. The summed E-state index contributed by atoms with van der Waals surface area (Å²) in [6.07, 6.45) is 5.81. The van der Waals surface area contributed by atoms with E-state index in [1.54, 1.807) is 30.5 Å². The zero-order chi connectivity index (χ0) is 27.0. The molecule has 2 aromatic heterocycles. The fraction of sp³-hybridized carbons (Fsp3) is 0.400. The number of aromatic amines is 2. The van der Waals surface area contributed by atoms with Crippen molar-refractivity contribution in [1.82, 2.24) is 20.3 Å². The van der Waals surface area contributed by atoms with Crippen LogP contribution in [0.4, 0.5) is 11.4 Å². The Balaban J connectivity index is 1.28. The minimum absolute atomic E-state index is 0.214. The number of hydrogen-bond acceptors (Lipinski definition) is 6. The third kappa shape index (κ3) is 5.29. The molecule has 2 fully saturated rings. The Morgan fingerprint density at radius 3 is 2.90 bits per heavy atom. The van der Waals surface area contributed by atoms with Gasteiger partial charge in [-0.2, -0.15) is 0 Å². The lowest BCUT2D eigenvalue weighted by Crippen LogP contribution is -2.51. The first-order chi connectivity index (χ1) is 18.9. The molecule has 4 aromatic rings. The van der Waals surface area contributed by atoms with Gasteiger partial charge in [-0.05, 0) is 80.6 Å². The summed E-state index contributed by atoms with van der Waals surface area (Å²) < 4.78 is 0. The number of aryl methyl sites for hydroxylation is 1. The number of rotatable bonds is 6. The number of halogens is 1. The molecule has 1 unspecified atom stereocenters. The number of H-pyrrole nitrogens is 2. The zero-order valence-electron chi connectivity index (χ0n) is 22.2. The number of aromatic nitrogens is 3. The van der Waals surface area contributed by atoms with Gasteiger partial charge >= 0.3 is 0 Å². The van der Waals surface area contributed by atoms with Gasteiger partial charge in [0.1, 0.15) is 11.4 Å². The summed E-state index contributed by atoms with van der Waals surface area (Å²) in [4.78, 5) is 26.6. The molecule has 0 aliphatic carbocycles. The average Bonchev–Trinajstić information content (AvgIpc) is 3.36. The standard InChI is InChI=1S/C30H35ClN6O2/c1-19-13-22(37-12-4-9-30(18-37)8-3-10-32-17-30)15-24-27(19)36-28(35-24)26-23(7-11-33-29(26)39)34-16-25(38)20-5-2-6-21(31)14-20/h2,5-7,11,13-15,25,32,38H,3-4,8-10,12,16-18H2,1H3,(H,35,36)(H2,33,34,39)/t25-,30?/m0/s1. The predicted molar refractivity (Wildman–Crippen MR) is 158 cm³/mol. The van der Waals surface area contributed by atoms with Crippen molar-refractivity contribution in [2.24, 2.45) is 5.41 Å². The highest BCUT2D eigenvalue weighted by Gasteiger charge is 2.36. The molecular formula is C30H35ClN6O2. The number of aliphatic hydroxyl groups is 1. The van der Waals surface area contributed by atoms with Crippen LogP contribution in [-0.2, 0) is 0 Å². The fourth-order valence-corrected chi connectivity index (χ4v) is 6.48. The van der Waals surface area contributed by atoms with Gasteiger partial charge in [0.25, 0.3) is 5.56 Å². The topological polar surface area (TPSA) is 109 Å². The smallest absolute Gasteiger partial charge is 0.261 e. The molecule has 8 nitrogen and oxygen atoms in total. The summed E-state index contributed by atoms with van der Waals surface area (Å²) in [6.45, 7) is 6.62. The Kier molecular flexibility index (Phi) is 7.10. The molecule has 204 valence electrons. The number of aliphatic hydroxyl groups excluding tert-OH is 1. The molecule has 2 aromatic carbocycles. The molecule has 1 spiro atoms. The summed E-state index contributed by atoms with van der Waals surface area (Å²) >= 11 is 6.09. The van der Waals surface area contributed by atoms with Gasteiger partial charge in [-0.1, -0.05) is 23.7 Å². The monoisotopic (exact) mass is 546 g/mol. The minimum atomic E-state index is -0.788. The van der Waals surface area contributed by atoms with Crippen LogP contribution < -0.4 is 21.1 Å². The van der Waals surface area contributed by atoms with E-state index in [-0.39, 0.29) is 12.1 Å². The van der Waals surface area contributed by atoms with E-state index in [9.17, 15) is 9.90 Å². The highest BCUT2D eigenvalue weighted by atomic mass is 35.5. The Labute approximate surface area is 232 Å². The number of imidazole rings is 1. The first kappa shape index (κ1) is 25.9. The second-order valence-electron chi connectivity index (χ2n) is 11.1. The second kappa shape index (κ2) is 10.7. The molecule has 2 saturated heterocycles. The van der Waals surface area contributed by atoms with E-state index in [2.05, 4.69) is 44.6 Å². The van der Waals surface area contributed by atoms with Crippen molar-refractivity contribution >= 4 is 34.0 Å². The number of nitrogens with zero attached hydrogens (tertiary/aromatic N) is 2. The summed E-state index contributed by atoms with van der Waals surface area (Å²) in [5.74, 6) is 0.499. The summed E-state index contributed by atoms with van der Waals surface area (Å²) in [5.41, 5.74) is 5.86. The van der Waals surface area contributed by atoms with Crippen molar-refractivity contribution in [3.8, 4) is 11.4 Å². The predicted octanol–water partition coefficient (Wildman–Crippen LogP) is 5.00. The Hall–Kier alpha value is -3.33. The van der Waals surface area contributed by atoms with E-state index < -0.39 is 6.10 Å². The highest BCUT2D eigenvalue weighted by Crippen LogP contribution is 2.39. The van der Waals surface area contributed by atoms with Crippen LogP contribution in [0.2, 0.25) is 5.02 Å². The van der Waals surface area contributed by atoms with Crippen molar-refractivity contribution in [2.45, 2.75) is 38.7 Å². The van der Waals surface area contributed by atoms with Gasteiger partial charge in [0.05, 0.1) is 22.8 Å². The molecule has 2 aliphatic heterocycles. The number of hydrogen-bond donors (Lipinski definition) is 5. The summed E-state index contributed by atoms with van der Waals surface area (Å²) in [7, 11) is 0. The molecule has 0 saturated carbocycles. The van der Waals surface area contributed by atoms with Crippen molar-refractivity contribution in [3.05, 3.63) is 75.2 Å². The number of nitrogens with one attached hydrogen (secondary N) is 4. The van der Waals surface area contributed by atoms with Gasteiger partial charge in [-0.3, -0.25) is 4.79 Å². The molecule has 6 rings (SSSR count). The quantitative estimate of drug-likeness (QED) is 0.233. The Bertz CT molecular complexity index is 1530. The average molecular weight is 547 g/mol. The summed E-state index contributed by atoms with van der Waals surface area (Å²) in [6, 6.07) is 13.3. The van der Waals surface area contributed by atoms with E-state index in [1.165, 1.54) is 31.4 Å². The molecule has 2 atom stereocenters. The molecular weight excluding hydrogens is 512 g/mol. The van der Waals surface area contributed by atoms with Gasteiger partial charge < -0.3 is 30.6 Å².